The number of hydrogen-bond donors (Lipinski definition) is 2. The first kappa shape index (κ1) is 17.2. The highest BCUT2D eigenvalue weighted by molar-refractivity contribution is 7.99. The number of aromatic nitrogens is 2. The van der Waals surface area contributed by atoms with Crippen molar-refractivity contribution >= 4 is 45.3 Å². The van der Waals surface area contributed by atoms with E-state index in [9.17, 15) is 14.4 Å². The van der Waals surface area contributed by atoms with Crippen LogP contribution < -0.4 is 16.2 Å². The summed E-state index contributed by atoms with van der Waals surface area (Å²) in [5.74, 6) is -0.470. The molecule has 0 unspecified atom stereocenters. The second-order valence-corrected chi connectivity index (χ2v) is 6.27. The van der Waals surface area contributed by atoms with E-state index in [0.717, 1.165) is 11.8 Å². The van der Waals surface area contributed by atoms with Gasteiger partial charge in [0.05, 0.1) is 11.3 Å². The van der Waals surface area contributed by atoms with Crippen molar-refractivity contribution in [2.45, 2.75) is 18.6 Å². The Morgan fingerprint density at radius 1 is 1.52 bits per heavy atom. The van der Waals surface area contributed by atoms with Crippen molar-refractivity contribution in [3.05, 3.63) is 34.5 Å². The Kier molecular flexibility index (Phi) is 5.94. The summed E-state index contributed by atoms with van der Waals surface area (Å²) >= 11 is 2.47. The fraction of sp³-hybridized carbons (Fsp3) is 0.286. The fourth-order valence-corrected chi connectivity index (χ4v) is 3.46. The zero-order valence-electron chi connectivity index (χ0n) is 12.5. The number of fused-ring (bicyclic) bond motifs is 1. The molecule has 0 radical (unpaired) electrons. The van der Waals surface area contributed by atoms with Crippen molar-refractivity contribution < 1.29 is 9.59 Å². The second kappa shape index (κ2) is 7.93. The second-order valence-electron chi connectivity index (χ2n) is 4.41. The number of carbonyl (C=O) groups excluding carboxylic acids is 2. The molecule has 0 spiro atoms. The van der Waals surface area contributed by atoms with Crippen LogP contribution in [0.4, 0.5) is 4.79 Å². The predicted molar refractivity (Wildman–Crippen MR) is 92.0 cm³/mol. The van der Waals surface area contributed by atoms with Crippen LogP contribution >= 0.6 is 23.1 Å². The van der Waals surface area contributed by atoms with Gasteiger partial charge in [0.25, 0.3) is 5.56 Å². The van der Waals surface area contributed by atoms with Gasteiger partial charge in [0.2, 0.25) is 5.91 Å². The number of urea groups is 1. The highest BCUT2D eigenvalue weighted by Gasteiger charge is 2.14. The third-order valence-electron chi connectivity index (χ3n) is 2.84. The smallest absolute Gasteiger partial charge is 0.321 e. The molecule has 2 aromatic heterocycles. The number of nitrogens with zero attached hydrogens (tertiary/aromatic N) is 2. The Hall–Kier alpha value is -2.13. The van der Waals surface area contributed by atoms with Crippen LogP contribution in [0.25, 0.3) is 10.2 Å². The van der Waals surface area contributed by atoms with Crippen molar-refractivity contribution in [3.63, 3.8) is 0 Å². The molecule has 0 aromatic carbocycles. The van der Waals surface area contributed by atoms with Crippen molar-refractivity contribution in [1.29, 1.82) is 0 Å². The summed E-state index contributed by atoms with van der Waals surface area (Å²) in [4.78, 5) is 39.9. The van der Waals surface area contributed by atoms with Gasteiger partial charge >= 0.3 is 6.03 Å². The Balaban J connectivity index is 2.07. The van der Waals surface area contributed by atoms with E-state index in [1.54, 1.807) is 6.07 Å². The molecule has 3 amide bonds. The van der Waals surface area contributed by atoms with Gasteiger partial charge in [-0.25, -0.2) is 9.78 Å². The van der Waals surface area contributed by atoms with Gasteiger partial charge in [-0.15, -0.1) is 17.9 Å². The van der Waals surface area contributed by atoms with Crippen LogP contribution in [0.5, 0.6) is 0 Å². The summed E-state index contributed by atoms with van der Waals surface area (Å²) in [5, 5.41) is 6.92. The maximum atomic E-state index is 12.3. The van der Waals surface area contributed by atoms with Crippen molar-refractivity contribution in [2.75, 3.05) is 12.3 Å². The third kappa shape index (κ3) is 4.20. The van der Waals surface area contributed by atoms with Gasteiger partial charge in [-0.05, 0) is 18.4 Å². The molecule has 122 valence electrons. The lowest BCUT2D eigenvalue weighted by Crippen LogP contribution is -2.40. The van der Waals surface area contributed by atoms with Gasteiger partial charge in [0.15, 0.2) is 5.16 Å². The van der Waals surface area contributed by atoms with Crippen LogP contribution in [-0.4, -0.2) is 33.8 Å². The fourth-order valence-electron chi connectivity index (χ4n) is 1.81. The van der Waals surface area contributed by atoms with Crippen LogP contribution in [0.2, 0.25) is 0 Å². The summed E-state index contributed by atoms with van der Waals surface area (Å²) in [6, 6.07) is 1.19. The predicted octanol–water partition coefficient (Wildman–Crippen LogP) is 1.58. The van der Waals surface area contributed by atoms with E-state index >= 15 is 0 Å². The number of rotatable bonds is 6. The SMILES string of the molecule is C=CCNC(=O)NC(=O)CSc1nc2ccsc2c(=O)n1CC. The zero-order valence-corrected chi connectivity index (χ0v) is 14.1. The summed E-state index contributed by atoms with van der Waals surface area (Å²) in [7, 11) is 0. The molecule has 0 fully saturated rings. The average molecular weight is 352 g/mol. The normalized spacial score (nSPS) is 10.5. The number of nitrogens with one attached hydrogen (secondary N) is 2. The highest BCUT2D eigenvalue weighted by Crippen LogP contribution is 2.20. The molecule has 0 atom stereocenters. The number of thioether (sulfide) groups is 1. The minimum absolute atomic E-state index is 0.0103. The Morgan fingerprint density at radius 3 is 3.00 bits per heavy atom. The number of imide groups is 1. The standard InChI is InChI=1S/C14H16N4O3S2/c1-3-6-15-13(21)17-10(19)8-23-14-16-9-5-7-22-11(9)12(20)18(14)4-2/h3,5,7H,1,4,6,8H2,2H3,(H2,15,17,19,21). The molecule has 9 heteroatoms. The van der Waals surface area contributed by atoms with E-state index in [4.69, 9.17) is 0 Å². The van der Waals surface area contributed by atoms with E-state index in [-0.39, 0.29) is 17.9 Å². The molecule has 2 rings (SSSR count). The highest BCUT2D eigenvalue weighted by atomic mass is 32.2. The van der Waals surface area contributed by atoms with Gasteiger partial charge in [-0.1, -0.05) is 17.8 Å². The molecular formula is C14H16N4O3S2. The zero-order chi connectivity index (χ0) is 16.8. The molecule has 23 heavy (non-hydrogen) atoms. The monoisotopic (exact) mass is 352 g/mol. The maximum Gasteiger partial charge on any atom is 0.321 e. The molecule has 2 heterocycles. The van der Waals surface area contributed by atoms with Crippen LogP contribution in [0.1, 0.15) is 6.92 Å². The lowest BCUT2D eigenvalue weighted by molar-refractivity contribution is -0.117. The molecule has 0 aliphatic carbocycles. The van der Waals surface area contributed by atoms with E-state index in [2.05, 4.69) is 22.2 Å². The van der Waals surface area contributed by atoms with E-state index in [1.807, 2.05) is 12.3 Å². The molecular weight excluding hydrogens is 336 g/mol. The van der Waals surface area contributed by atoms with Gasteiger partial charge in [0.1, 0.15) is 4.70 Å². The molecule has 0 aliphatic heterocycles. The first-order chi connectivity index (χ1) is 11.1. The van der Waals surface area contributed by atoms with E-state index in [1.165, 1.54) is 22.0 Å². The summed E-state index contributed by atoms with van der Waals surface area (Å²) in [5.41, 5.74) is 0.510. The van der Waals surface area contributed by atoms with Crippen molar-refractivity contribution in [1.82, 2.24) is 20.2 Å². The Labute approximate surface area is 140 Å². The molecule has 0 aliphatic rings. The first-order valence-corrected chi connectivity index (χ1v) is 8.72. The first-order valence-electron chi connectivity index (χ1n) is 6.86. The van der Waals surface area contributed by atoms with Crippen LogP contribution in [-0.2, 0) is 11.3 Å². The van der Waals surface area contributed by atoms with Gasteiger partial charge in [0, 0.05) is 13.1 Å². The van der Waals surface area contributed by atoms with Crippen molar-refractivity contribution in [3.8, 4) is 0 Å². The maximum absolute atomic E-state index is 12.3. The summed E-state index contributed by atoms with van der Waals surface area (Å²) < 4.78 is 2.12. The molecule has 0 saturated carbocycles. The Bertz CT molecular complexity index is 797. The molecule has 2 N–H and O–H groups in total. The quantitative estimate of drug-likeness (QED) is 0.468. The largest absolute Gasteiger partial charge is 0.334 e. The number of thiophene rings is 1. The van der Waals surface area contributed by atoms with Crippen LogP contribution in [0, 0.1) is 0 Å². The van der Waals surface area contributed by atoms with Crippen LogP contribution in [0.3, 0.4) is 0 Å². The van der Waals surface area contributed by atoms with E-state index in [0.29, 0.717) is 21.9 Å². The molecule has 7 nitrogen and oxygen atoms in total. The average Bonchev–Trinajstić information content (AvgIpc) is 2.99. The van der Waals surface area contributed by atoms with E-state index < -0.39 is 11.9 Å². The minimum Gasteiger partial charge on any atom is -0.334 e. The summed E-state index contributed by atoms with van der Waals surface area (Å²) in [6.45, 7) is 6.04. The molecule has 0 saturated heterocycles. The number of hydrogen-bond acceptors (Lipinski definition) is 6. The third-order valence-corrected chi connectivity index (χ3v) is 4.71. The van der Waals surface area contributed by atoms with Crippen molar-refractivity contribution in [2.24, 2.45) is 0 Å². The summed E-state index contributed by atoms with van der Waals surface area (Å²) in [6.07, 6.45) is 1.51. The number of carbonyl (C=O) groups is 2. The number of amides is 3. The minimum atomic E-state index is -0.579. The Morgan fingerprint density at radius 2 is 2.30 bits per heavy atom. The molecule has 2 aromatic rings. The molecule has 0 bridgehead atoms. The van der Waals surface area contributed by atoms with Crippen LogP contribution in [0.15, 0.2) is 34.1 Å². The lowest BCUT2D eigenvalue weighted by Gasteiger charge is -2.09. The van der Waals surface area contributed by atoms with Gasteiger partial charge < -0.3 is 5.32 Å². The van der Waals surface area contributed by atoms with Gasteiger partial charge in [-0.2, -0.15) is 0 Å². The lowest BCUT2D eigenvalue weighted by atomic mass is 10.5. The topological polar surface area (TPSA) is 93.1 Å². The van der Waals surface area contributed by atoms with Gasteiger partial charge in [-0.3, -0.25) is 19.5 Å².